The van der Waals surface area contributed by atoms with Gasteiger partial charge in [-0.1, -0.05) is 12.1 Å². The van der Waals surface area contributed by atoms with Gasteiger partial charge in [0.1, 0.15) is 11.5 Å². The molecule has 0 saturated carbocycles. The second-order valence-corrected chi connectivity index (χ2v) is 5.88. The topological polar surface area (TPSA) is 72.7 Å². The fourth-order valence-corrected chi connectivity index (χ4v) is 2.94. The highest BCUT2D eigenvalue weighted by Gasteiger charge is 2.16. The molecule has 0 spiro atoms. The van der Waals surface area contributed by atoms with Crippen LogP contribution in [0.1, 0.15) is 15.9 Å². The Morgan fingerprint density at radius 2 is 1.88 bits per heavy atom. The lowest BCUT2D eigenvalue weighted by atomic mass is 10.1. The van der Waals surface area contributed by atoms with Gasteiger partial charge in [0.2, 0.25) is 0 Å². The van der Waals surface area contributed by atoms with Crippen LogP contribution in [0, 0.1) is 0 Å². The molecule has 2 aromatic carbocycles. The first-order chi connectivity index (χ1) is 12.7. The van der Waals surface area contributed by atoms with Crippen LogP contribution in [-0.2, 0) is 6.54 Å². The van der Waals surface area contributed by atoms with E-state index in [0.717, 1.165) is 28.0 Å². The van der Waals surface area contributed by atoms with Gasteiger partial charge < -0.3 is 24.5 Å². The van der Waals surface area contributed by atoms with Gasteiger partial charge in [0, 0.05) is 30.7 Å². The normalized spacial score (nSPS) is 10.7. The van der Waals surface area contributed by atoms with E-state index in [0.29, 0.717) is 12.1 Å². The average Bonchev–Trinajstić information content (AvgIpc) is 3.04. The van der Waals surface area contributed by atoms with Crippen molar-refractivity contribution in [1.82, 2.24) is 9.88 Å². The molecule has 0 aliphatic heterocycles. The summed E-state index contributed by atoms with van der Waals surface area (Å²) < 4.78 is 12.6. The van der Waals surface area contributed by atoms with Crippen molar-refractivity contribution in [3.63, 3.8) is 0 Å². The van der Waals surface area contributed by atoms with E-state index in [1.807, 2.05) is 53.2 Å². The predicted molar refractivity (Wildman–Crippen MR) is 100 cm³/mol. The number of hydrogen-bond donors (Lipinski definition) is 2. The Balaban J connectivity index is 2.03. The molecule has 0 bridgehead atoms. The summed E-state index contributed by atoms with van der Waals surface area (Å²) in [6.45, 7) is 0.716. The Morgan fingerprint density at radius 3 is 2.62 bits per heavy atom. The van der Waals surface area contributed by atoms with Crippen LogP contribution in [0.15, 0.2) is 48.7 Å². The number of aromatic nitrogens is 1. The van der Waals surface area contributed by atoms with E-state index >= 15 is 0 Å². The molecule has 6 heteroatoms. The van der Waals surface area contributed by atoms with Crippen molar-refractivity contribution in [3.05, 3.63) is 59.8 Å². The average molecular weight is 354 g/mol. The van der Waals surface area contributed by atoms with Crippen LogP contribution >= 0.6 is 0 Å². The smallest absolute Gasteiger partial charge is 0.253 e. The number of carbonyl (C=O) groups is 1. The number of amides is 1. The molecule has 6 nitrogen and oxygen atoms in total. The van der Waals surface area contributed by atoms with Gasteiger partial charge in [-0.3, -0.25) is 4.79 Å². The fraction of sp³-hybridized carbons (Fsp3) is 0.250. The summed E-state index contributed by atoms with van der Waals surface area (Å²) in [7, 11) is 3.25. The number of aliphatic hydroxyl groups is 1. The lowest BCUT2D eigenvalue weighted by molar-refractivity contribution is 0.0946. The van der Waals surface area contributed by atoms with Crippen molar-refractivity contribution < 1.29 is 19.4 Å². The highest BCUT2D eigenvalue weighted by Crippen LogP contribution is 2.27. The zero-order valence-electron chi connectivity index (χ0n) is 14.9. The summed E-state index contributed by atoms with van der Waals surface area (Å²) in [6.07, 6.45) is 1.83. The standard InChI is InChI=1S/C20H22N2O4/c1-25-15-5-3-4-14(10-15)12-22-13-18(20(24)21-8-9-23)17-7-6-16(26-2)11-19(17)22/h3-7,10-11,13,23H,8-9,12H2,1-2H3,(H,21,24). The first kappa shape index (κ1) is 17.8. The van der Waals surface area contributed by atoms with E-state index in [-0.39, 0.29) is 19.1 Å². The maximum atomic E-state index is 12.5. The van der Waals surface area contributed by atoms with Gasteiger partial charge in [-0.15, -0.1) is 0 Å². The molecule has 1 amide bonds. The van der Waals surface area contributed by atoms with Gasteiger partial charge >= 0.3 is 0 Å². The second kappa shape index (κ2) is 7.93. The molecule has 0 aliphatic carbocycles. The summed E-state index contributed by atoms with van der Waals surface area (Å²) in [5, 5.41) is 12.5. The van der Waals surface area contributed by atoms with E-state index < -0.39 is 0 Å². The number of nitrogens with one attached hydrogen (secondary N) is 1. The lowest BCUT2D eigenvalue weighted by Gasteiger charge is -2.08. The molecule has 3 aromatic rings. The third-order valence-electron chi connectivity index (χ3n) is 4.22. The molecule has 0 saturated heterocycles. The minimum absolute atomic E-state index is 0.0952. The van der Waals surface area contributed by atoms with Crippen LogP contribution in [-0.4, -0.2) is 43.0 Å². The van der Waals surface area contributed by atoms with E-state index in [1.54, 1.807) is 14.2 Å². The fourth-order valence-electron chi connectivity index (χ4n) is 2.94. The molecule has 2 N–H and O–H groups in total. The molecule has 0 radical (unpaired) electrons. The minimum atomic E-state index is -0.210. The summed E-state index contributed by atoms with van der Waals surface area (Å²) in [4.78, 5) is 12.5. The van der Waals surface area contributed by atoms with Crippen molar-refractivity contribution in [2.24, 2.45) is 0 Å². The number of aliphatic hydroxyl groups excluding tert-OH is 1. The van der Waals surface area contributed by atoms with Crippen LogP contribution in [0.25, 0.3) is 10.9 Å². The quantitative estimate of drug-likeness (QED) is 0.683. The van der Waals surface area contributed by atoms with Crippen molar-refractivity contribution in [3.8, 4) is 11.5 Å². The third-order valence-corrected chi connectivity index (χ3v) is 4.22. The van der Waals surface area contributed by atoms with Gasteiger partial charge in [-0.25, -0.2) is 0 Å². The Labute approximate surface area is 152 Å². The Morgan fingerprint density at radius 1 is 1.12 bits per heavy atom. The SMILES string of the molecule is COc1cccc(Cn2cc(C(=O)NCCO)c3ccc(OC)cc32)c1. The number of rotatable bonds is 7. The van der Waals surface area contributed by atoms with Crippen LogP contribution < -0.4 is 14.8 Å². The highest BCUT2D eigenvalue weighted by atomic mass is 16.5. The van der Waals surface area contributed by atoms with E-state index in [1.165, 1.54) is 0 Å². The maximum Gasteiger partial charge on any atom is 0.253 e. The number of fused-ring (bicyclic) bond motifs is 1. The number of methoxy groups -OCH3 is 2. The number of carbonyl (C=O) groups excluding carboxylic acids is 1. The summed E-state index contributed by atoms with van der Waals surface area (Å²) in [5.74, 6) is 1.31. The van der Waals surface area contributed by atoms with Crippen molar-refractivity contribution in [2.75, 3.05) is 27.4 Å². The molecule has 3 rings (SSSR count). The van der Waals surface area contributed by atoms with Crippen LogP contribution in [0.3, 0.4) is 0 Å². The number of benzene rings is 2. The number of ether oxygens (including phenoxy) is 2. The number of hydrogen-bond acceptors (Lipinski definition) is 4. The summed E-state index contributed by atoms with van der Waals surface area (Å²) in [6, 6.07) is 13.4. The minimum Gasteiger partial charge on any atom is -0.497 e. The third kappa shape index (κ3) is 3.65. The largest absolute Gasteiger partial charge is 0.497 e. The van der Waals surface area contributed by atoms with E-state index in [4.69, 9.17) is 14.6 Å². The van der Waals surface area contributed by atoms with Gasteiger partial charge in [0.05, 0.1) is 31.9 Å². The Kier molecular flexibility index (Phi) is 5.43. The van der Waals surface area contributed by atoms with Crippen molar-refractivity contribution >= 4 is 16.8 Å². The summed E-state index contributed by atoms with van der Waals surface area (Å²) >= 11 is 0. The summed E-state index contributed by atoms with van der Waals surface area (Å²) in [5.41, 5.74) is 2.53. The second-order valence-electron chi connectivity index (χ2n) is 5.88. The van der Waals surface area contributed by atoms with E-state index in [2.05, 4.69) is 5.32 Å². The van der Waals surface area contributed by atoms with Gasteiger partial charge in [0.15, 0.2) is 0 Å². The first-order valence-electron chi connectivity index (χ1n) is 8.35. The molecular formula is C20H22N2O4. The zero-order valence-corrected chi connectivity index (χ0v) is 14.9. The molecule has 0 fully saturated rings. The predicted octanol–water partition coefficient (Wildman–Crippen LogP) is 2.43. The van der Waals surface area contributed by atoms with Crippen molar-refractivity contribution in [2.45, 2.75) is 6.54 Å². The Bertz CT molecular complexity index is 917. The molecule has 1 heterocycles. The zero-order chi connectivity index (χ0) is 18.5. The van der Waals surface area contributed by atoms with Crippen molar-refractivity contribution in [1.29, 1.82) is 0 Å². The van der Waals surface area contributed by atoms with Gasteiger partial charge in [-0.2, -0.15) is 0 Å². The highest BCUT2D eigenvalue weighted by molar-refractivity contribution is 6.07. The molecule has 0 atom stereocenters. The maximum absolute atomic E-state index is 12.5. The van der Waals surface area contributed by atoms with Crippen LogP contribution in [0.2, 0.25) is 0 Å². The van der Waals surface area contributed by atoms with Gasteiger partial charge in [-0.05, 0) is 29.8 Å². The first-order valence-corrected chi connectivity index (χ1v) is 8.35. The molecule has 26 heavy (non-hydrogen) atoms. The van der Waals surface area contributed by atoms with E-state index in [9.17, 15) is 4.79 Å². The molecule has 136 valence electrons. The molecule has 0 unspecified atom stereocenters. The van der Waals surface area contributed by atoms with Gasteiger partial charge in [0.25, 0.3) is 5.91 Å². The monoisotopic (exact) mass is 354 g/mol. The molecular weight excluding hydrogens is 332 g/mol. The molecule has 1 aromatic heterocycles. The number of nitrogens with zero attached hydrogens (tertiary/aromatic N) is 1. The van der Waals surface area contributed by atoms with Crippen LogP contribution in [0.5, 0.6) is 11.5 Å². The Hall–Kier alpha value is -2.99. The molecule has 0 aliphatic rings. The van der Waals surface area contributed by atoms with Crippen LogP contribution in [0.4, 0.5) is 0 Å². The lowest BCUT2D eigenvalue weighted by Crippen LogP contribution is -2.26.